The molecule has 0 radical (unpaired) electrons. The Hall–Kier alpha value is -2.30. The number of carboxylic acid groups (broad SMARTS) is 1. The first-order chi connectivity index (χ1) is 9.11. The van der Waals surface area contributed by atoms with Crippen LogP contribution in [0.5, 0.6) is 5.75 Å². The fraction of sp³-hybridized carbons (Fsp3) is 0.286. The molecule has 1 amide bonds. The highest BCUT2D eigenvalue weighted by atomic mass is 16.5. The van der Waals surface area contributed by atoms with Crippen molar-refractivity contribution in [2.24, 2.45) is 0 Å². The predicted octanol–water partition coefficient (Wildman–Crippen LogP) is 1.11. The van der Waals surface area contributed by atoms with E-state index in [1.807, 2.05) is 0 Å². The van der Waals surface area contributed by atoms with Gasteiger partial charge in [0.15, 0.2) is 0 Å². The Kier molecular flexibility index (Phi) is 6.15. The van der Waals surface area contributed by atoms with Crippen molar-refractivity contribution < 1.29 is 19.4 Å². The topological polar surface area (TPSA) is 78.5 Å². The monoisotopic (exact) mass is 262 g/mol. The number of nitrogens with one attached hydrogen (secondary N) is 1. The maximum atomic E-state index is 11.4. The third-order valence-electron chi connectivity index (χ3n) is 2.24. The van der Waals surface area contributed by atoms with Crippen LogP contribution >= 0.6 is 0 Å². The van der Waals surface area contributed by atoms with Gasteiger partial charge in [-0.15, -0.1) is 0 Å². The van der Waals surface area contributed by atoms with E-state index in [9.17, 15) is 14.7 Å². The molecule has 19 heavy (non-hydrogen) atoms. The maximum absolute atomic E-state index is 11.4. The third kappa shape index (κ3) is 6.26. The van der Waals surface area contributed by atoms with Gasteiger partial charge in [-0.05, 0) is 24.6 Å². The molecule has 5 heteroatoms. The summed E-state index contributed by atoms with van der Waals surface area (Å²) in [6.45, 7) is 2.70. The van der Waals surface area contributed by atoms with E-state index < -0.39 is 11.9 Å². The van der Waals surface area contributed by atoms with E-state index in [0.717, 1.165) is 18.9 Å². The van der Waals surface area contributed by atoms with Crippen molar-refractivity contribution in [3.8, 4) is 5.75 Å². The van der Waals surface area contributed by atoms with Crippen LogP contribution in [0.2, 0.25) is 0 Å². The van der Waals surface area contributed by atoms with E-state index in [1.165, 1.54) is 0 Å². The highest BCUT2D eigenvalue weighted by Crippen LogP contribution is 2.17. The minimum atomic E-state index is -1.41. The van der Waals surface area contributed by atoms with Gasteiger partial charge >= 0.3 is 0 Å². The quantitative estimate of drug-likeness (QED) is 0.589. The van der Waals surface area contributed by atoms with Gasteiger partial charge in [0.25, 0.3) is 0 Å². The lowest BCUT2D eigenvalue weighted by atomic mass is 10.3. The zero-order chi connectivity index (χ0) is 14.1. The Balaban J connectivity index is 2.56. The molecular formula is C14H16NO4-. The van der Waals surface area contributed by atoms with Gasteiger partial charge in [-0.2, -0.15) is 0 Å². The molecule has 0 unspecified atom stereocenters. The number of rotatable bonds is 7. The minimum Gasteiger partial charge on any atom is -0.545 e. The SMILES string of the molecule is CCCCOc1cccc(NC(=O)C=CC(=O)[O-])c1. The van der Waals surface area contributed by atoms with Crippen LogP contribution in [0.3, 0.4) is 0 Å². The van der Waals surface area contributed by atoms with Gasteiger partial charge in [-0.3, -0.25) is 4.79 Å². The molecule has 1 N–H and O–H groups in total. The van der Waals surface area contributed by atoms with E-state index in [1.54, 1.807) is 24.3 Å². The standard InChI is InChI=1S/C14H17NO4/c1-2-3-9-19-12-6-4-5-11(10-12)15-13(16)7-8-14(17)18/h4-8,10H,2-3,9H2,1H3,(H,15,16)(H,17,18)/p-1. The van der Waals surface area contributed by atoms with E-state index in [-0.39, 0.29) is 0 Å². The number of ether oxygens (including phenoxy) is 1. The van der Waals surface area contributed by atoms with Crippen molar-refractivity contribution in [2.75, 3.05) is 11.9 Å². The average Bonchev–Trinajstić information content (AvgIpc) is 2.37. The summed E-state index contributed by atoms with van der Waals surface area (Å²) in [5.74, 6) is -1.28. The highest BCUT2D eigenvalue weighted by molar-refractivity contribution is 6.02. The molecule has 1 aromatic rings. The molecular weight excluding hydrogens is 246 g/mol. The predicted molar refractivity (Wildman–Crippen MR) is 69.6 cm³/mol. The fourth-order valence-corrected chi connectivity index (χ4v) is 1.33. The normalized spacial score (nSPS) is 10.4. The first kappa shape index (κ1) is 14.8. The zero-order valence-electron chi connectivity index (χ0n) is 10.7. The molecule has 0 aromatic heterocycles. The van der Waals surface area contributed by atoms with Crippen LogP contribution in [0.15, 0.2) is 36.4 Å². The number of hydrogen-bond donors (Lipinski definition) is 1. The fourth-order valence-electron chi connectivity index (χ4n) is 1.33. The number of carbonyl (C=O) groups is 2. The van der Waals surface area contributed by atoms with Gasteiger partial charge in [0, 0.05) is 17.8 Å². The van der Waals surface area contributed by atoms with Gasteiger partial charge in [0.05, 0.1) is 12.6 Å². The molecule has 0 saturated heterocycles. The zero-order valence-corrected chi connectivity index (χ0v) is 10.7. The summed E-state index contributed by atoms with van der Waals surface area (Å²) in [6, 6.07) is 6.92. The van der Waals surface area contributed by atoms with Crippen LogP contribution in [0.4, 0.5) is 5.69 Å². The van der Waals surface area contributed by atoms with Crippen molar-refractivity contribution in [3.63, 3.8) is 0 Å². The van der Waals surface area contributed by atoms with Crippen LogP contribution in [-0.4, -0.2) is 18.5 Å². The number of anilines is 1. The van der Waals surface area contributed by atoms with Crippen LogP contribution in [0.25, 0.3) is 0 Å². The Labute approximate surface area is 111 Å². The Bertz CT molecular complexity index is 468. The molecule has 0 aliphatic heterocycles. The summed E-state index contributed by atoms with van der Waals surface area (Å²) in [5.41, 5.74) is 0.544. The van der Waals surface area contributed by atoms with Crippen molar-refractivity contribution >= 4 is 17.6 Å². The lowest BCUT2D eigenvalue weighted by Crippen LogP contribution is -2.20. The van der Waals surface area contributed by atoms with Crippen molar-refractivity contribution in [1.82, 2.24) is 0 Å². The van der Waals surface area contributed by atoms with Crippen LogP contribution in [0, 0.1) is 0 Å². The summed E-state index contributed by atoms with van der Waals surface area (Å²) < 4.78 is 5.49. The van der Waals surface area contributed by atoms with Crippen LogP contribution in [0.1, 0.15) is 19.8 Å². The van der Waals surface area contributed by atoms with E-state index >= 15 is 0 Å². The summed E-state index contributed by atoms with van der Waals surface area (Å²) in [6.07, 6.45) is 3.59. The van der Waals surface area contributed by atoms with Crippen molar-refractivity contribution in [3.05, 3.63) is 36.4 Å². The van der Waals surface area contributed by atoms with Crippen molar-refractivity contribution in [1.29, 1.82) is 0 Å². The number of benzene rings is 1. The second-order valence-electron chi connectivity index (χ2n) is 3.87. The molecule has 0 aliphatic carbocycles. The third-order valence-corrected chi connectivity index (χ3v) is 2.24. The molecule has 5 nitrogen and oxygen atoms in total. The second-order valence-corrected chi connectivity index (χ2v) is 3.87. The molecule has 0 atom stereocenters. The molecule has 0 spiro atoms. The van der Waals surface area contributed by atoms with E-state index in [0.29, 0.717) is 24.1 Å². The first-order valence-electron chi connectivity index (χ1n) is 6.04. The van der Waals surface area contributed by atoms with Gasteiger partial charge in [0.2, 0.25) is 5.91 Å². The Morgan fingerprint density at radius 3 is 2.84 bits per heavy atom. The summed E-state index contributed by atoms with van der Waals surface area (Å²) in [5, 5.41) is 12.7. The maximum Gasteiger partial charge on any atom is 0.248 e. The van der Waals surface area contributed by atoms with Crippen LogP contribution < -0.4 is 15.2 Å². The second kappa shape index (κ2) is 7.92. The lowest BCUT2D eigenvalue weighted by molar-refractivity contribution is -0.297. The summed E-state index contributed by atoms with van der Waals surface area (Å²) in [4.78, 5) is 21.5. The number of aliphatic carboxylic acids is 1. The van der Waals surface area contributed by atoms with Crippen LogP contribution in [-0.2, 0) is 9.59 Å². The largest absolute Gasteiger partial charge is 0.545 e. The smallest absolute Gasteiger partial charge is 0.248 e. The van der Waals surface area contributed by atoms with Gasteiger partial charge in [-0.1, -0.05) is 19.4 Å². The van der Waals surface area contributed by atoms with E-state index in [2.05, 4.69) is 12.2 Å². The number of amides is 1. The number of unbranched alkanes of at least 4 members (excludes halogenated alkanes) is 1. The number of carbonyl (C=O) groups excluding carboxylic acids is 2. The molecule has 1 rings (SSSR count). The van der Waals surface area contributed by atoms with E-state index in [4.69, 9.17) is 4.74 Å². The molecule has 0 aliphatic rings. The summed E-state index contributed by atoms with van der Waals surface area (Å²) in [7, 11) is 0. The molecule has 0 heterocycles. The lowest BCUT2D eigenvalue weighted by Gasteiger charge is -2.07. The molecule has 0 saturated carbocycles. The molecule has 1 aromatic carbocycles. The summed E-state index contributed by atoms with van der Waals surface area (Å²) >= 11 is 0. The number of hydrogen-bond acceptors (Lipinski definition) is 4. The Morgan fingerprint density at radius 1 is 1.37 bits per heavy atom. The van der Waals surface area contributed by atoms with Gasteiger partial charge in [0.1, 0.15) is 5.75 Å². The Morgan fingerprint density at radius 2 is 2.16 bits per heavy atom. The van der Waals surface area contributed by atoms with Gasteiger partial charge in [-0.25, -0.2) is 0 Å². The van der Waals surface area contributed by atoms with Crippen molar-refractivity contribution in [2.45, 2.75) is 19.8 Å². The first-order valence-corrected chi connectivity index (χ1v) is 6.04. The molecule has 0 bridgehead atoms. The minimum absolute atomic E-state index is 0.532. The molecule has 0 fully saturated rings. The number of carboxylic acids is 1. The molecule has 102 valence electrons. The highest BCUT2D eigenvalue weighted by Gasteiger charge is 2.00. The van der Waals surface area contributed by atoms with Gasteiger partial charge < -0.3 is 20.0 Å². The average molecular weight is 262 g/mol.